The van der Waals surface area contributed by atoms with Gasteiger partial charge in [-0.1, -0.05) is 26.6 Å². The smallest absolute Gasteiger partial charge is 0.163 e. The summed E-state index contributed by atoms with van der Waals surface area (Å²) >= 11 is 0. The second-order valence-corrected chi connectivity index (χ2v) is 16.1. The van der Waals surface area contributed by atoms with Crippen LogP contribution in [0.15, 0.2) is 0 Å². The van der Waals surface area contributed by atoms with Crippen molar-refractivity contribution in [2.24, 2.45) is 11.3 Å². The van der Waals surface area contributed by atoms with Crippen LogP contribution in [0.4, 0.5) is 0 Å². The number of hydrogen-bond donors (Lipinski definition) is 1. The molecular weight excluding hydrogens is 364 g/mol. The average molecular weight is 403 g/mol. The number of aliphatic hydroxyl groups is 1. The van der Waals surface area contributed by atoms with Gasteiger partial charge in [0.1, 0.15) is 12.4 Å². The van der Waals surface area contributed by atoms with Crippen molar-refractivity contribution in [1.82, 2.24) is 0 Å². The minimum absolute atomic E-state index is 0.0822. The lowest BCUT2D eigenvalue weighted by molar-refractivity contribution is -0.322. The molecule has 3 aliphatic rings. The minimum atomic E-state index is -1.08. The highest BCUT2D eigenvalue weighted by Crippen LogP contribution is 2.55. The van der Waals surface area contributed by atoms with E-state index in [0.717, 1.165) is 25.5 Å². The Labute approximate surface area is 164 Å². The zero-order chi connectivity index (χ0) is 19.9. The quantitative estimate of drug-likeness (QED) is 0.382. The first kappa shape index (κ1) is 21.7. The molecule has 0 radical (unpaired) electrons. The average Bonchev–Trinajstić information content (AvgIpc) is 2.87. The molecule has 5 atom stereocenters. The Morgan fingerprint density at radius 3 is 2.44 bits per heavy atom. The van der Waals surface area contributed by atoms with Crippen molar-refractivity contribution >= 4 is 8.07 Å². The molecule has 158 valence electrons. The Kier molecular flexibility index (Phi) is 6.16. The number of rotatable bonds is 8. The largest absolute Gasteiger partial charge is 0.384 e. The predicted molar refractivity (Wildman–Crippen MR) is 105 cm³/mol. The molecule has 0 unspecified atom stereocenters. The van der Waals surface area contributed by atoms with Gasteiger partial charge in [0.15, 0.2) is 5.79 Å². The fraction of sp³-hybridized carbons (Fsp3) is 1.00. The Balaban J connectivity index is 1.59. The van der Waals surface area contributed by atoms with Crippen LogP contribution in [0, 0.1) is 11.3 Å². The molecule has 6 nitrogen and oxygen atoms in total. The molecular formula is C20H38O6Si. The molecule has 0 aromatic carbocycles. The fourth-order valence-corrected chi connectivity index (χ4v) is 5.56. The maximum atomic E-state index is 11.3. The second-order valence-electron chi connectivity index (χ2n) is 10.5. The maximum absolute atomic E-state index is 11.3. The Morgan fingerprint density at radius 1 is 1.15 bits per heavy atom. The third-order valence-corrected chi connectivity index (χ3v) is 8.04. The van der Waals surface area contributed by atoms with Crippen molar-refractivity contribution in [2.45, 2.75) is 82.9 Å². The van der Waals surface area contributed by atoms with Crippen molar-refractivity contribution in [3.8, 4) is 0 Å². The first-order chi connectivity index (χ1) is 12.5. The van der Waals surface area contributed by atoms with Gasteiger partial charge in [0.05, 0.1) is 32.0 Å². The molecule has 3 rings (SSSR count). The lowest BCUT2D eigenvalue weighted by Gasteiger charge is -2.60. The summed E-state index contributed by atoms with van der Waals surface area (Å²) in [5.74, 6) is -0.693. The SMILES string of the molecule is CC1(C)OC[C@@H]([C@H]2[C@](C)(COCOCC[Si](C)(C)C)CC[C@H]3OC[C@]32O)O1. The molecule has 1 aliphatic carbocycles. The molecule has 0 amide bonds. The molecule has 2 saturated heterocycles. The first-order valence-corrected chi connectivity index (χ1v) is 14.0. The van der Waals surface area contributed by atoms with Gasteiger partial charge < -0.3 is 28.8 Å². The molecule has 0 aromatic rings. The van der Waals surface area contributed by atoms with E-state index in [-0.39, 0.29) is 23.5 Å². The van der Waals surface area contributed by atoms with Crippen LogP contribution < -0.4 is 0 Å². The lowest BCUT2D eigenvalue weighted by Crippen LogP contribution is -2.72. The highest BCUT2D eigenvalue weighted by atomic mass is 28.3. The van der Waals surface area contributed by atoms with Crippen LogP contribution in [-0.2, 0) is 23.7 Å². The molecule has 27 heavy (non-hydrogen) atoms. The molecule has 1 N–H and O–H groups in total. The van der Waals surface area contributed by atoms with Crippen molar-refractivity contribution in [1.29, 1.82) is 0 Å². The molecule has 1 saturated carbocycles. The molecule has 0 aromatic heterocycles. The highest BCUT2D eigenvalue weighted by Gasteiger charge is 2.65. The van der Waals surface area contributed by atoms with Crippen LogP contribution >= 0.6 is 0 Å². The van der Waals surface area contributed by atoms with Gasteiger partial charge in [-0.3, -0.25) is 0 Å². The molecule has 0 spiro atoms. The van der Waals surface area contributed by atoms with E-state index in [0.29, 0.717) is 26.6 Å². The lowest BCUT2D eigenvalue weighted by atomic mass is 9.56. The summed E-state index contributed by atoms with van der Waals surface area (Å²) in [6.07, 6.45) is 1.52. The Morgan fingerprint density at radius 2 is 1.89 bits per heavy atom. The summed E-state index contributed by atoms with van der Waals surface area (Å²) in [5, 5.41) is 11.3. The van der Waals surface area contributed by atoms with Gasteiger partial charge in [0, 0.05) is 20.6 Å². The van der Waals surface area contributed by atoms with E-state index in [2.05, 4.69) is 26.6 Å². The van der Waals surface area contributed by atoms with Gasteiger partial charge in [-0.2, -0.15) is 0 Å². The maximum Gasteiger partial charge on any atom is 0.163 e. The van der Waals surface area contributed by atoms with Gasteiger partial charge in [0.25, 0.3) is 0 Å². The summed E-state index contributed by atoms with van der Waals surface area (Å²) < 4.78 is 29.3. The van der Waals surface area contributed by atoms with Crippen molar-refractivity contribution in [3.05, 3.63) is 0 Å². The summed E-state index contributed by atoms with van der Waals surface area (Å²) in [6, 6.07) is 1.14. The van der Waals surface area contributed by atoms with Crippen LogP contribution in [0.2, 0.25) is 25.7 Å². The number of fused-ring (bicyclic) bond motifs is 1. The van der Waals surface area contributed by atoms with E-state index in [9.17, 15) is 5.11 Å². The predicted octanol–water partition coefficient (Wildman–Crippen LogP) is 3.01. The number of hydrogen-bond acceptors (Lipinski definition) is 6. The Hall–Kier alpha value is -0.0231. The fourth-order valence-electron chi connectivity index (χ4n) is 4.80. The van der Waals surface area contributed by atoms with E-state index < -0.39 is 19.5 Å². The van der Waals surface area contributed by atoms with E-state index in [1.165, 1.54) is 0 Å². The van der Waals surface area contributed by atoms with E-state index in [4.69, 9.17) is 23.7 Å². The van der Waals surface area contributed by atoms with Crippen LogP contribution in [0.5, 0.6) is 0 Å². The summed E-state index contributed by atoms with van der Waals surface area (Å²) in [4.78, 5) is 0. The summed E-state index contributed by atoms with van der Waals surface area (Å²) in [5.41, 5.74) is -1.06. The van der Waals surface area contributed by atoms with Gasteiger partial charge in [-0.05, 0) is 38.1 Å². The van der Waals surface area contributed by atoms with Crippen LogP contribution in [0.25, 0.3) is 0 Å². The number of ether oxygens (including phenoxy) is 5. The van der Waals surface area contributed by atoms with Gasteiger partial charge in [-0.15, -0.1) is 0 Å². The second kappa shape index (κ2) is 7.67. The van der Waals surface area contributed by atoms with E-state index >= 15 is 0 Å². The van der Waals surface area contributed by atoms with E-state index in [1.54, 1.807) is 0 Å². The van der Waals surface area contributed by atoms with Crippen LogP contribution in [0.3, 0.4) is 0 Å². The zero-order valence-electron chi connectivity index (χ0n) is 17.9. The summed E-state index contributed by atoms with van der Waals surface area (Å²) in [7, 11) is -1.08. The van der Waals surface area contributed by atoms with Crippen LogP contribution in [0.1, 0.15) is 33.6 Å². The highest BCUT2D eigenvalue weighted by molar-refractivity contribution is 6.76. The van der Waals surface area contributed by atoms with Crippen LogP contribution in [-0.4, -0.2) is 70.0 Å². The van der Waals surface area contributed by atoms with Crippen molar-refractivity contribution < 1.29 is 28.8 Å². The third-order valence-electron chi connectivity index (χ3n) is 6.34. The standard InChI is InChI=1S/C20H38O6Si/c1-18(2)25-11-15(26-18)17-19(3,8-7-16-20(17,21)13-24-16)12-23-14-22-9-10-27(4,5)6/h15-17,21H,7-14H2,1-6H3/t15-,16+,17-,19-,20-/m0/s1. The first-order valence-electron chi connectivity index (χ1n) is 10.3. The Bertz CT molecular complexity index is 521. The zero-order valence-corrected chi connectivity index (χ0v) is 18.9. The minimum Gasteiger partial charge on any atom is -0.384 e. The monoisotopic (exact) mass is 402 g/mol. The summed E-state index contributed by atoms with van der Waals surface area (Å²) in [6.45, 7) is 15.5. The molecule has 2 aliphatic heterocycles. The molecule has 7 heteroatoms. The van der Waals surface area contributed by atoms with Gasteiger partial charge >= 0.3 is 0 Å². The van der Waals surface area contributed by atoms with Gasteiger partial charge in [-0.25, -0.2) is 0 Å². The van der Waals surface area contributed by atoms with Crippen molar-refractivity contribution in [2.75, 3.05) is 33.2 Å². The van der Waals surface area contributed by atoms with Crippen molar-refractivity contribution in [3.63, 3.8) is 0 Å². The topological polar surface area (TPSA) is 66.4 Å². The molecule has 0 bridgehead atoms. The van der Waals surface area contributed by atoms with Gasteiger partial charge in [0.2, 0.25) is 0 Å². The molecule has 3 fully saturated rings. The molecule has 2 heterocycles. The normalized spacial score (nSPS) is 41.2. The third kappa shape index (κ3) is 4.77. The van der Waals surface area contributed by atoms with E-state index in [1.807, 2.05) is 13.8 Å².